The maximum atomic E-state index is 12.7. The normalized spacial score (nSPS) is 24.9. The number of urea groups is 1. The molecule has 1 aromatic carbocycles. The monoisotopic (exact) mass is 326 g/mol. The third kappa shape index (κ3) is 3.79. The summed E-state index contributed by atoms with van der Waals surface area (Å²) in [6, 6.07) is 4.48. The number of halogens is 3. The Labute approximate surface area is 133 Å². The van der Waals surface area contributed by atoms with Crippen LogP contribution in [-0.2, 0) is 6.18 Å². The lowest BCUT2D eigenvalue weighted by Gasteiger charge is -2.41. The topological polar surface area (TPSA) is 32.3 Å². The second-order valence-corrected chi connectivity index (χ2v) is 6.55. The minimum absolute atomic E-state index is 0.190. The van der Waals surface area contributed by atoms with E-state index in [4.69, 9.17) is 0 Å². The number of hydrogen-bond donors (Lipinski definition) is 1. The largest absolute Gasteiger partial charge is 0.416 e. The molecular formula is C17H21F3N2O. The van der Waals surface area contributed by atoms with Gasteiger partial charge in [-0.05, 0) is 42.9 Å². The Bertz CT molecular complexity index is 573. The molecule has 126 valence electrons. The number of fused-ring (bicyclic) bond motifs is 1. The average Bonchev–Trinajstić information content (AvgIpc) is 2.54. The lowest BCUT2D eigenvalue weighted by Crippen LogP contribution is -2.46. The summed E-state index contributed by atoms with van der Waals surface area (Å²) in [5, 5.41) is 2.61. The smallest absolute Gasteiger partial charge is 0.324 e. The standard InChI is InChI=1S/C17H21F3N2O/c18-17(19,20)14-6-3-7-15(10-14)21-16(23)22-9-8-12-4-1-2-5-13(12)11-22/h3,6-7,10,12-13H,1-2,4-5,8-9,11H2,(H,21,23)/t12-,13-/m1/s1. The lowest BCUT2D eigenvalue weighted by atomic mass is 9.75. The Morgan fingerprint density at radius 1 is 1.13 bits per heavy atom. The van der Waals surface area contributed by atoms with Crippen molar-refractivity contribution in [1.82, 2.24) is 4.90 Å². The van der Waals surface area contributed by atoms with Gasteiger partial charge in [-0.15, -0.1) is 0 Å². The van der Waals surface area contributed by atoms with Gasteiger partial charge in [0.05, 0.1) is 5.56 Å². The van der Waals surface area contributed by atoms with Crippen molar-refractivity contribution in [2.45, 2.75) is 38.3 Å². The first-order valence-corrected chi connectivity index (χ1v) is 8.16. The highest BCUT2D eigenvalue weighted by atomic mass is 19.4. The Hall–Kier alpha value is -1.72. The number of carbonyl (C=O) groups excluding carboxylic acids is 1. The summed E-state index contributed by atoms with van der Waals surface area (Å²) in [6.45, 7) is 1.40. The molecule has 1 aromatic rings. The molecule has 0 unspecified atom stereocenters. The van der Waals surface area contributed by atoms with Gasteiger partial charge in [0.1, 0.15) is 0 Å². The van der Waals surface area contributed by atoms with E-state index in [1.165, 1.54) is 31.4 Å². The summed E-state index contributed by atoms with van der Waals surface area (Å²) >= 11 is 0. The second-order valence-electron chi connectivity index (χ2n) is 6.55. The van der Waals surface area contributed by atoms with Crippen LogP contribution in [0.15, 0.2) is 24.3 Å². The molecular weight excluding hydrogens is 305 g/mol. The van der Waals surface area contributed by atoms with Crippen molar-refractivity contribution in [3.8, 4) is 0 Å². The van der Waals surface area contributed by atoms with Crippen LogP contribution >= 0.6 is 0 Å². The van der Waals surface area contributed by atoms with E-state index in [-0.39, 0.29) is 11.7 Å². The summed E-state index contributed by atoms with van der Waals surface area (Å²) in [6.07, 6.45) is 1.48. The van der Waals surface area contributed by atoms with Gasteiger partial charge in [-0.2, -0.15) is 13.2 Å². The summed E-state index contributed by atoms with van der Waals surface area (Å²) < 4.78 is 38.2. The first-order valence-electron chi connectivity index (χ1n) is 8.16. The molecule has 1 saturated carbocycles. The SMILES string of the molecule is O=C(Nc1cccc(C(F)(F)F)c1)N1CC[C@H]2CCCC[C@@H]2C1. The molecule has 0 aromatic heterocycles. The van der Waals surface area contributed by atoms with Crippen LogP contribution in [0.25, 0.3) is 0 Å². The molecule has 1 saturated heterocycles. The number of benzene rings is 1. The van der Waals surface area contributed by atoms with E-state index in [9.17, 15) is 18.0 Å². The molecule has 2 aliphatic rings. The predicted molar refractivity (Wildman–Crippen MR) is 82.1 cm³/mol. The molecule has 1 N–H and O–H groups in total. The van der Waals surface area contributed by atoms with Gasteiger partial charge in [-0.25, -0.2) is 4.79 Å². The van der Waals surface area contributed by atoms with E-state index in [1.54, 1.807) is 4.90 Å². The Kier molecular flexibility index (Phi) is 4.50. The third-order valence-corrected chi connectivity index (χ3v) is 5.02. The number of hydrogen-bond acceptors (Lipinski definition) is 1. The van der Waals surface area contributed by atoms with E-state index in [0.717, 1.165) is 31.5 Å². The van der Waals surface area contributed by atoms with Gasteiger partial charge in [0.15, 0.2) is 0 Å². The second kappa shape index (κ2) is 6.42. The molecule has 3 nitrogen and oxygen atoms in total. The number of nitrogens with zero attached hydrogens (tertiary/aromatic N) is 1. The summed E-state index contributed by atoms with van der Waals surface area (Å²) in [5.41, 5.74) is -0.558. The Morgan fingerprint density at radius 2 is 1.87 bits per heavy atom. The summed E-state index contributed by atoms with van der Waals surface area (Å²) in [7, 11) is 0. The zero-order valence-corrected chi connectivity index (χ0v) is 12.9. The molecule has 0 spiro atoms. The molecule has 1 aliphatic carbocycles. The van der Waals surface area contributed by atoms with Crippen LogP contribution in [0.3, 0.4) is 0 Å². The number of amides is 2. The minimum Gasteiger partial charge on any atom is -0.324 e. The molecule has 0 bridgehead atoms. The van der Waals surface area contributed by atoms with Crippen molar-refractivity contribution in [1.29, 1.82) is 0 Å². The highest BCUT2D eigenvalue weighted by Crippen LogP contribution is 2.36. The molecule has 2 atom stereocenters. The highest BCUT2D eigenvalue weighted by molar-refractivity contribution is 5.89. The van der Waals surface area contributed by atoms with Gasteiger partial charge in [0.2, 0.25) is 0 Å². The zero-order chi connectivity index (χ0) is 16.4. The Balaban J connectivity index is 1.63. The van der Waals surface area contributed by atoms with Gasteiger partial charge in [-0.3, -0.25) is 0 Å². The van der Waals surface area contributed by atoms with Crippen molar-refractivity contribution in [2.75, 3.05) is 18.4 Å². The maximum Gasteiger partial charge on any atom is 0.416 e. The van der Waals surface area contributed by atoms with Crippen LogP contribution in [0.2, 0.25) is 0 Å². The van der Waals surface area contributed by atoms with E-state index in [2.05, 4.69) is 5.32 Å². The number of rotatable bonds is 1. The lowest BCUT2D eigenvalue weighted by molar-refractivity contribution is -0.137. The van der Waals surface area contributed by atoms with Crippen molar-refractivity contribution in [2.24, 2.45) is 11.8 Å². The van der Waals surface area contributed by atoms with Gasteiger partial charge in [-0.1, -0.05) is 25.3 Å². The summed E-state index contributed by atoms with van der Waals surface area (Å²) in [5.74, 6) is 1.26. The number of alkyl halides is 3. The van der Waals surface area contributed by atoms with Gasteiger partial charge in [0, 0.05) is 18.8 Å². The minimum atomic E-state index is -4.40. The number of piperidine rings is 1. The van der Waals surface area contributed by atoms with E-state index >= 15 is 0 Å². The number of likely N-dealkylation sites (tertiary alicyclic amines) is 1. The van der Waals surface area contributed by atoms with Crippen molar-refractivity contribution < 1.29 is 18.0 Å². The van der Waals surface area contributed by atoms with Gasteiger partial charge < -0.3 is 10.2 Å². The van der Waals surface area contributed by atoms with Crippen LogP contribution in [0.4, 0.5) is 23.7 Å². The van der Waals surface area contributed by atoms with Crippen LogP contribution in [0.1, 0.15) is 37.7 Å². The maximum absolute atomic E-state index is 12.7. The van der Waals surface area contributed by atoms with Crippen LogP contribution < -0.4 is 5.32 Å². The molecule has 3 rings (SSSR count). The molecule has 2 fully saturated rings. The molecule has 1 heterocycles. The quantitative estimate of drug-likeness (QED) is 0.793. The van der Waals surface area contributed by atoms with Gasteiger partial charge >= 0.3 is 12.2 Å². The molecule has 2 amide bonds. The fourth-order valence-corrected chi connectivity index (χ4v) is 3.76. The van der Waals surface area contributed by atoms with E-state index in [0.29, 0.717) is 18.4 Å². The predicted octanol–water partition coefficient (Wildman–Crippen LogP) is 4.75. The van der Waals surface area contributed by atoms with Crippen molar-refractivity contribution >= 4 is 11.7 Å². The third-order valence-electron chi connectivity index (χ3n) is 5.02. The first-order chi connectivity index (χ1) is 10.9. The van der Waals surface area contributed by atoms with Crippen molar-refractivity contribution in [3.63, 3.8) is 0 Å². The molecule has 23 heavy (non-hydrogen) atoms. The van der Waals surface area contributed by atoms with E-state index < -0.39 is 11.7 Å². The number of carbonyl (C=O) groups is 1. The van der Waals surface area contributed by atoms with Crippen LogP contribution in [0, 0.1) is 11.8 Å². The summed E-state index contributed by atoms with van der Waals surface area (Å²) in [4.78, 5) is 14.1. The van der Waals surface area contributed by atoms with Crippen LogP contribution in [0.5, 0.6) is 0 Å². The average molecular weight is 326 g/mol. The fraction of sp³-hybridized carbons (Fsp3) is 0.588. The molecule has 6 heteroatoms. The Morgan fingerprint density at radius 3 is 2.61 bits per heavy atom. The van der Waals surface area contributed by atoms with E-state index in [1.807, 2.05) is 0 Å². The number of anilines is 1. The van der Waals surface area contributed by atoms with Gasteiger partial charge in [0.25, 0.3) is 0 Å². The fourth-order valence-electron chi connectivity index (χ4n) is 3.76. The molecule has 0 radical (unpaired) electrons. The highest BCUT2D eigenvalue weighted by Gasteiger charge is 2.33. The van der Waals surface area contributed by atoms with Crippen LogP contribution in [-0.4, -0.2) is 24.0 Å². The van der Waals surface area contributed by atoms with Crippen molar-refractivity contribution in [3.05, 3.63) is 29.8 Å². The number of nitrogens with one attached hydrogen (secondary N) is 1. The molecule has 1 aliphatic heterocycles. The zero-order valence-electron chi connectivity index (χ0n) is 12.9. The first kappa shape index (κ1) is 16.1.